The van der Waals surface area contributed by atoms with Crippen molar-refractivity contribution >= 4 is 17.3 Å². The van der Waals surface area contributed by atoms with Crippen molar-refractivity contribution in [1.82, 2.24) is 9.97 Å². The highest BCUT2D eigenvalue weighted by Gasteiger charge is 2.23. The normalized spacial score (nSPS) is 18.2. The first kappa shape index (κ1) is 12.0. The van der Waals surface area contributed by atoms with Crippen molar-refractivity contribution in [3.8, 4) is 0 Å². The molecule has 1 aromatic carbocycles. The summed E-state index contributed by atoms with van der Waals surface area (Å²) in [6.45, 7) is 5.10. The molecule has 0 saturated carbocycles. The smallest absolute Gasteiger partial charge is 0.138 e. The maximum Gasteiger partial charge on any atom is 0.138 e. The summed E-state index contributed by atoms with van der Waals surface area (Å²) in [5.74, 6) is 2.74. The number of nitrogens with two attached hydrogens (primary N) is 1. The third-order valence-electron chi connectivity index (χ3n) is 3.47. The van der Waals surface area contributed by atoms with Crippen molar-refractivity contribution < 1.29 is 0 Å². The predicted molar refractivity (Wildman–Crippen MR) is 77.5 cm³/mol. The van der Waals surface area contributed by atoms with Crippen molar-refractivity contribution in [2.45, 2.75) is 20.3 Å². The summed E-state index contributed by atoms with van der Waals surface area (Å²) in [5, 5.41) is 0. The summed E-state index contributed by atoms with van der Waals surface area (Å²) in [5.41, 5.74) is 8.45. The molecular formula is C15H18N4. The molecule has 1 aliphatic rings. The van der Waals surface area contributed by atoms with E-state index in [9.17, 15) is 0 Å². The second-order valence-electron chi connectivity index (χ2n) is 5.25. The molecule has 0 radical (unpaired) electrons. The highest BCUT2D eigenvalue weighted by molar-refractivity contribution is 5.66. The van der Waals surface area contributed by atoms with E-state index in [0.717, 1.165) is 18.8 Å². The highest BCUT2D eigenvalue weighted by atomic mass is 15.2. The van der Waals surface area contributed by atoms with Gasteiger partial charge in [-0.25, -0.2) is 9.97 Å². The van der Waals surface area contributed by atoms with Gasteiger partial charge in [0, 0.05) is 18.3 Å². The lowest BCUT2D eigenvalue weighted by Crippen LogP contribution is -2.31. The third-order valence-corrected chi connectivity index (χ3v) is 3.47. The minimum absolute atomic E-state index is 0.526. The average molecular weight is 254 g/mol. The number of para-hydroxylation sites is 1. The summed E-state index contributed by atoms with van der Waals surface area (Å²) in [4.78, 5) is 10.9. The largest absolute Gasteiger partial charge is 0.384 e. The molecule has 0 saturated heterocycles. The number of anilines is 3. The van der Waals surface area contributed by atoms with Crippen LogP contribution in [0.1, 0.15) is 18.3 Å². The molecule has 3 rings (SSSR count). The van der Waals surface area contributed by atoms with Gasteiger partial charge in [0.25, 0.3) is 0 Å². The molecule has 1 unspecified atom stereocenters. The lowest BCUT2D eigenvalue weighted by atomic mass is 9.94. The lowest BCUT2D eigenvalue weighted by Gasteiger charge is -2.34. The monoisotopic (exact) mass is 254 g/mol. The fourth-order valence-corrected chi connectivity index (χ4v) is 2.73. The molecule has 1 aliphatic heterocycles. The molecule has 98 valence electrons. The van der Waals surface area contributed by atoms with Gasteiger partial charge in [0.2, 0.25) is 0 Å². The number of rotatable bonds is 1. The predicted octanol–water partition coefficient (Wildman–Crippen LogP) is 2.70. The van der Waals surface area contributed by atoms with E-state index in [2.05, 4.69) is 46.1 Å². The zero-order valence-electron chi connectivity index (χ0n) is 11.3. The fourth-order valence-electron chi connectivity index (χ4n) is 2.73. The molecule has 0 spiro atoms. The van der Waals surface area contributed by atoms with Crippen molar-refractivity contribution in [3.05, 3.63) is 41.7 Å². The first-order valence-electron chi connectivity index (χ1n) is 6.60. The van der Waals surface area contributed by atoms with Gasteiger partial charge in [-0.3, -0.25) is 0 Å². The fraction of sp³-hybridized carbons (Fsp3) is 0.333. The quantitative estimate of drug-likeness (QED) is 0.850. The number of aromatic nitrogens is 2. The minimum atomic E-state index is 0.526. The van der Waals surface area contributed by atoms with Crippen molar-refractivity contribution in [2.75, 3.05) is 17.2 Å². The zero-order chi connectivity index (χ0) is 13.4. The zero-order valence-corrected chi connectivity index (χ0v) is 11.3. The molecule has 1 aromatic heterocycles. The average Bonchev–Trinajstić information content (AvgIpc) is 2.36. The molecule has 0 fully saturated rings. The van der Waals surface area contributed by atoms with Crippen LogP contribution in [0.5, 0.6) is 0 Å². The SMILES string of the molecule is Cc1nc(N)cc(N2CC(C)Cc3ccccc32)n1. The highest BCUT2D eigenvalue weighted by Crippen LogP contribution is 2.34. The summed E-state index contributed by atoms with van der Waals surface area (Å²) in [6, 6.07) is 10.3. The van der Waals surface area contributed by atoms with Crippen LogP contribution in [0.3, 0.4) is 0 Å². The molecule has 2 heterocycles. The van der Waals surface area contributed by atoms with Crippen LogP contribution in [0.4, 0.5) is 17.3 Å². The van der Waals surface area contributed by atoms with Crippen LogP contribution in [0, 0.1) is 12.8 Å². The lowest BCUT2D eigenvalue weighted by molar-refractivity contribution is 0.559. The molecule has 0 amide bonds. The van der Waals surface area contributed by atoms with E-state index in [0.29, 0.717) is 17.6 Å². The van der Waals surface area contributed by atoms with Crippen molar-refractivity contribution in [1.29, 1.82) is 0 Å². The van der Waals surface area contributed by atoms with Gasteiger partial charge in [0.15, 0.2) is 0 Å². The number of benzene rings is 1. The molecule has 0 aliphatic carbocycles. The summed E-state index contributed by atoms with van der Waals surface area (Å²) in [7, 11) is 0. The third kappa shape index (κ3) is 2.26. The molecule has 2 aromatic rings. The Labute approximate surface area is 113 Å². The topological polar surface area (TPSA) is 55.0 Å². The van der Waals surface area contributed by atoms with E-state index in [1.54, 1.807) is 0 Å². The number of aryl methyl sites for hydroxylation is 1. The molecule has 0 bridgehead atoms. The standard InChI is InChI=1S/C15H18N4/c1-10-7-12-5-3-4-6-13(12)19(9-10)15-8-14(16)17-11(2)18-15/h3-6,8,10H,7,9H2,1-2H3,(H2,16,17,18). The van der Waals surface area contributed by atoms with Gasteiger partial charge >= 0.3 is 0 Å². The Balaban J connectivity index is 2.09. The first-order valence-corrected chi connectivity index (χ1v) is 6.60. The van der Waals surface area contributed by atoms with E-state index >= 15 is 0 Å². The molecule has 1 atom stereocenters. The van der Waals surface area contributed by atoms with Gasteiger partial charge in [-0.1, -0.05) is 25.1 Å². The Hall–Kier alpha value is -2.10. The van der Waals surface area contributed by atoms with Crippen LogP contribution in [0.25, 0.3) is 0 Å². The van der Waals surface area contributed by atoms with Crippen molar-refractivity contribution in [3.63, 3.8) is 0 Å². The van der Waals surface area contributed by atoms with Gasteiger partial charge in [0.05, 0.1) is 0 Å². The molecule has 4 heteroatoms. The second-order valence-corrected chi connectivity index (χ2v) is 5.25. The Morgan fingerprint density at radius 3 is 2.84 bits per heavy atom. The number of hydrogen-bond donors (Lipinski definition) is 1. The maximum absolute atomic E-state index is 5.84. The van der Waals surface area contributed by atoms with Crippen LogP contribution in [-0.4, -0.2) is 16.5 Å². The van der Waals surface area contributed by atoms with E-state index < -0.39 is 0 Å². The molecule has 4 nitrogen and oxygen atoms in total. The van der Waals surface area contributed by atoms with Crippen LogP contribution >= 0.6 is 0 Å². The van der Waals surface area contributed by atoms with E-state index in [4.69, 9.17) is 5.73 Å². The number of nitrogen functional groups attached to an aromatic ring is 1. The van der Waals surface area contributed by atoms with E-state index in [-0.39, 0.29) is 0 Å². The van der Waals surface area contributed by atoms with Crippen LogP contribution < -0.4 is 10.6 Å². The number of fused-ring (bicyclic) bond motifs is 1. The molecular weight excluding hydrogens is 236 g/mol. The summed E-state index contributed by atoms with van der Waals surface area (Å²) < 4.78 is 0. The number of nitrogens with zero attached hydrogens (tertiary/aromatic N) is 3. The molecule has 19 heavy (non-hydrogen) atoms. The van der Waals surface area contributed by atoms with Gasteiger partial charge in [0.1, 0.15) is 17.5 Å². The summed E-state index contributed by atoms with van der Waals surface area (Å²) >= 11 is 0. The summed E-state index contributed by atoms with van der Waals surface area (Å²) in [6.07, 6.45) is 1.12. The van der Waals surface area contributed by atoms with Crippen LogP contribution in [-0.2, 0) is 6.42 Å². The number of hydrogen-bond acceptors (Lipinski definition) is 4. The van der Waals surface area contributed by atoms with Gasteiger partial charge < -0.3 is 10.6 Å². The van der Waals surface area contributed by atoms with Gasteiger partial charge in [-0.05, 0) is 30.9 Å². The Morgan fingerprint density at radius 1 is 1.26 bits per heavy atom. The minimum Gasteiger partial charge on any atom is -0.384 e. The maximum atomic E-state index is 5.84. The van der Waals surface area contributed by atoms with Gasteiger partial charge in [-0.15, -0.1) is 0 Å². The Kier molecular flexibility index (Phi) is 2.85. The Morgan fingerprint density at radius 2 is 2.05 bits per heavy atom. The second kappa shape index (κ2) is 4.53. The van der Waals surface area contributed by atoms with Gasteiger partial charge in [-0.2, -0.15) is 0 Å². The van der Waals surface area contributed by atoms with Crippen LogP contribution in [0.2, 0.25) is 0 Å². The molecule has 2 N–H and O–H groups in total. The van der Waals surface area contributed by atoms with E-state index in [1.165, 1.54) is 11.3 Å². The van der Waals surface area contributed by atoms with Crippen molar-refractivity contribution in [2.24, 2.45) is 5.92 Å². The first-order chi connectivity index (χ1) is 9.13. The Bertz CT molecular complexity index is 589. The van der Waals surface area contributed by atoms with Crippen LogP contribution in [0.15, 0.2) is 30.3 Å². The van der Waals surface area contributed by atoms with E-state index in [1.807, 2.05) is 13.0 Å².